The monoisotopic (exact) mass is 692 g/mol. The van der Waals surface area contributed by atoms with Crippen LogP contribution in [-0.2, 0) is 0 Å². The van der Waals surface area contributed by atoms with Crippen LogP contribution in [-0.4, -0.2) is 23.2 Å². The van der Waals surface area contributed by atoms with Crippen LogP contribution in [0.15, 0.2) is 57.5 Å². The van der Waals surface area contributed by atoms with Crippen molar-refractivity contribution < 1.29 is 9.47 Å². The molecule has 0 saturated heterocycles. The predicted molar refractivity (Wildman–Crippen MR) is 185 cm³/mol. The molecule has 0 amide bonds. The van der Waals surface area contributed by atoms with Crippen LogP contribution >= 0.6 is 31.9 Å². The summed E-state index contributed by atoms with van der Waals surface area (Å²) in [5.74, 6) is 1.79. The maximum Gasteiger partial charge on any atom is 0.119 e. The SMILES string of the molecule is CCCCCCCCOc1ccc2c(c1)c1cc(OCCCCCCCC)ccc1c1nc3c(Br)ccc(Br)c3nc21. The van der Waals surface area contributed by atoms with Crippen molar-refractivity contribution in [1.82, 2.24) is 9.97 Å². The molecule has 222 valence electrons. The lowest BCUT2D eigenvalue weighted by Gasteiger charge is -2.14. The Kier molecular flexibility index (Phi) is 11.3. The molecule has 0 fully saturated rings. The number of hydrogen-bond acceptors (Lipinski definition) is 4. The second-order valence-electron chi connectivity index (χ2n) is 11.3. The van der Waals surface area contributed by atoms with Crippen molar-refractivity contribution in [3.8, 4) is 11.5 Å². The van der Waals surface area contributed by atoms with Crippen LogP contribution in [0.4, 0.5) is 0 Å². The lowest BCUT2D eigenvalue weighted by atomic mass is 9.98. The van der Waals surface area contributed by atoms with Crippen molar-refractivity contribution in [3.05, 3.63) is 57.5 Å². The smallest absolute Gasteiger partial charge is 0.119 e. The van der Waals surface area contributed by atoms with Gasteiger partial charge in [0.05, 0.1) is 24.2 Å². The molecule has 0 radical (unpaired) electrons. The van der Waals surface area contributed by atoms with Crippen molar-refractivity contribution in [3.63, 3.8) is 0 Å². The van der Waals surface area contributed by atoms with Gasteiger partial charge >= 0.3 is 0 Å². The summed E-state index contributed by atoms with van der Waals surface area (Å²) in [6.07, 6.45) is 15.0. The van der Waals surface area contributed by atoms with Crippen LogP contribution in [0, 0.1) is 0 Å². The number of unbranched alkanes of at least 4 members (excludes halogenated alkanes) is 10. The number of rotatable bonds is 16. The van der Waals surface area contributed by atoms with Gasteiger partial charge in [-0.25, -0.2) is 9.97 Å². The summed E-state index contributed by atoms with van der Waals surface area (Å²) in [5, 5.41) is 4.36. The lowest BCUT2D eigenvalue weighted by Crippen LogP contribution is -1.99. The van der Waals surface area contributed by atoms with E-state index in [1.165, 1.54) is 64.2 Å². The third kappa shape index (κ3) is 7.37. The molecule has 1 heterocycles. The predicted octanol–water partition coefficient (Wildman–Crippen LogP) is 12.1. The number of benzene rings is 4. The standard InChI is InChI=1S/C36H42Br2N2O2/c1-3-5-7-9-11-13-21-41-25-15-17-27-29(23-25)30-24-26(42-22-14-12-10-8-6-4-2)16-18-28(30)34-33(27)39-35-31(37)19-20-32(38)36(35)40-34/h15-20,23-24H,3-14,21-22H2,1-2H3. The van der Waals surface area contributed by atoms with Crippen LogP contribution < -0.4 is 9.47 Å². The topological polar surface area (TPSA) is 44.2 Å². The first-order valence-corrected chi connectivity index (χ1v) is 17.4. The molecule has 0 aliphatic heterocycles. The molecular formula is C36H42Br2N2O2. The molecule has 0 N–H and O–H groups in total. The molecule has 0 atom stereocenters. The number of halogens is 2. The van der Waals surface area contributed by atoms with Gasteiger partial charge in [-0.15, -0.1) is 0 Å². The van der Waals surface area contributed by atoms with Crippen molar-refractivity contribution in [2.45, 2.75) is 90.9 Å². The van der Waals surface area contributed by atoms with Crippen LogP contribution in [0.3, 0.4) is 0 Å². The highest BCUT2D eigenvalue weighted by Gasteiger charge is 2.16. The molecule has 4 aromatic carbocycles. The third-order valence-corrected chi connectivity index (χ3v) is 9.32. The maximum absolute atomic E-state index is 6.26. The van der Waals surface area contributed by atoms with E-state index in [9.17, 15) is 0 Å². The highest BCUT2D eigenvalue weighted by Crippen LogP contribution is 2.39. The summed E-state index contributed by atoms with van der Waals surface area (Å²) in [7, 11) is 0. The van der Waals surface area contributed by atoms with Gasteiger partial charge in [-0.1, -0.05) is 78.1 Å². The Morgan fingerprint density at radius 1 is 0.476 bits per heavy atom. The number of aromatic nitrogens is 2. The highest BCUT2D eigenvalue weighted by molar-refractivity contribution is 9.11. The van der Waals surface area contributed by atoms with Gasteiger partial charge in [-0.05, 0) is 104 Å². The van der Waals surface area contributed by atoms with E-state index >= 15 is 0 Å². The van der Waals surface area contributed by atoms with E-state index in [0.29, 0.717) is 0 Å². The molecule has 0 unspecified atom stereocenters. The van der Waals surface area contributed by atoms with Crippen molar-refractivity contribution in [2.24, 2.45) is 0 Å². The Morgan fingerprint density at radius 3 is 1.31 bits per heavy atom. The van der Waals surface area contributed by atoms with E-state index in [1.807, 2.05) is 12.1 Å². The van der Waals surface area contributed by atoms with Gasteiger partial charge in [0.25, 0.3) is 0 Å². The van der Waals surface area contributed by atoms with Gasteiger partial charge in [0.2, 0.25) is 0 Å². The number of nitrogens with zero attached hydrogens (tertiary/aromatic N) is 2. The van der Waals surface area contributed by atoms with Crippen LogP contribution in [0.5, 0.6) is 11.5 Å². The van der Waals surface area contributed by atoms with E-state index in [4.69, 9.17) is 19.4 Å². The summed E-state index contributed by atoms with van der Waals surface area (Å²) in [6.45, 7) is 5.99. The van der Waals surface area contributed by atoms with E-state index in [0.717, 1.165) is 90.1 Å². The van der Waals surface area contributed by atoms with Gasteiger partial charge in [0.1, 0.15) is 22.5 Å². The Hall–Kier alpha value is -2.44. The zero-order valence-corrected chi connectivity index (χ0v) is 28.2. The first-order valence-electron chi connectivity index (χ1n) is 15.8. The largest absolute Gasteiger partial charge is 0.494 e. The minimum atomic E-state index is 0.737. The number of hydrogen-bond donors (Lipinski definition) is 0. The summed E-state index contributed by atoms with van der Waals surface area (Å²) < 4.78 is 14.4. The van der Waals surface area contributed by atoms with Gasteiger partial charge in [-0.3, -0.25) is 0 Å². The van der Waals surface area contributed by atoms with Gasteiger partial charge in [0, 0.05) is 19.7 Å². The lowest BCUT2D eigenvalue weighted by molar-refractivity contribution is 0.304. The Balaban J connectivity index is 1.49. The maximum atomic E-state index is 6.26. The third-order valence-electron chi connectivity index (χ3n) is 8.04. The van der Waals surface area contributed by atoms with E-state index < -0.39 is 0 Å². The molecule has 0 bridgehead atoms. The molecule has 0 aliphatic carbocycles. The summed E-state index contributed by atoms with van der Waals surface area (Å²) in [6, 6.07) is 16.8. The van der Waals surface area contributed by atoms with E-state index in [-0.39, 0.29) is 0 Å². The molecule has 1 aromatic heterocycles. The molecule has 5 rings (SSSR count). The van der Waals surface area contributed by atoms with E-state index in [2.05, 4.69) is 82.1 Å². The van der Waals surface area contributed by atoms with Crippen LogP contribution in [0.25, 0.3) is 43.6 Å². The molecular weight excluding hydrogens is 652 g/mol. The van der Waals surface area contributed by atoms with Crippen LogP contribution in [0.2, 0.25) is 0 Å². The second-order valence-corrected chi connectivity index (χ2v) is 13.0. The zero-order valence-electron chi connectivity index (χ0n) is 25.0. The minimum absolute atomic E-state index is 0.737. The highest BCUT2D eigenvalue weighted by atomic mass is 79.9. The number of fused-ring (bicyclic) bond motifs is 7. The van der Waals surface area contributed by atoms with Crippen molar-refractivity contribution in [1.29, 1.82) is 0 Å². The van der Waals surface area contributed by atoms with Crippen molar-refractivity contribution in [2.75, 3.05) is 13.2 Å². The fraction of sp³-hybridized carbons (Fsp3) is 0.444. The second kappa shape index (κ2) is 15.3. The molecule has 0 saturated carbocycles. The number of ether oxygens (including phenoxy) is 2. The Morgan fingerprint density at radius 2 is 0.881 bits per heavy atom. The molecule has 4 nitrogen and oxygen atoms in total. The zero-order chi connectivity index (χ0) is 29.3. The fourth-order valence-corrected chi connectivity index (χ4v) is 6.50. The normalized spacial score (nSPS) is 11.7. The van der Waals surface area contributed by atoms with Crippen LogP contribution in [0.1, 0.15) is 90.9 Å². The molecule has 0 spiro atoms. The van der Waals surface area contributed by atoms with Gasteiger partial charge < -0.3 is 9.47 Å². The van der Waals surface area contributed by atoms with Crippen molar-refractivity contribution >= 4 is 75.5 Å². The summed E-state index contributed by atoms with van der Waals surface area (Å²) in [4.78, 5) is 10.3. The minimum Gasteiger partial charge on any atom is -0.494 e. The van der Waals surface area contributed by atoms with Gasteiger partial charge in [-0.2, -0.15) is 0 Å². The van der Waals surface area contributed by atoms with Gasteiger partial charge in [0.15, 0.2) is 0 Å². The fourth-order valence-electron chi connectivity index (χ4n) is 5.68. The summed E-state index contributed by atoms with van der Waals surface area (Å²) in [5.41, 5.74) is 3.48. The average Bonchev–Trinajstić information content (AvgIpc) is 3.01. The molecule has 6 heteroatoms. The molecule has 0 aliphatic rings. The quantitative estimate of drug-likeness (QED) is 0.0586. The average molecular weight is 695 g/mol. The first kappa shape index (κ1) is 31.0. The molecule has 5 aromatic rings. The Labute approximate surface area is 266 Å². The molecule has 42 heavy (non-hydrogen) atoms. The van der Waals surface area contributed by atoms with E-state index in [1.54, 1.807) is 0 Å². The Bertz CT molecular complexity index is 1530. The first-order chi connectivity index (χ1) is 20.6. The summed E-state index contributed by atoms with van der Waals surface area (Å²) >= 11 is 7.39.